The summed E-state index contributed by atoms with van der Waals surface area (Å²) in [6.07, 6.45) is 54.7. The van der Waals surface area contributed by atoms with Gasteiger partial charge in [-0.15, -0.1) is 0 Å². The summed E-state index contributed by atoms with van der Waals surface area (Å²) in [5.74, 6) is -0.200. The fraction of sp³-hybridized carbons (Fsp3) is 0.842. The molecular formula is C57H105NO8. The summed E-state index contributed by atoms with van der Waals surface area (Å²) in [5, 5.41) is 54.4. The molecule has 6 N–H and O–H groups in total. The van der Waals surface area contributed by atoms with Crippen molar-refractivity contribution >= 4 is 5.91 Å². The molecule has 1 fully saturated rings. The monoisotopic (exact) mass is 932 g/mol. The second-order valence-corrected chi connectivity index (χ2v) is 19.4. The number of carbonyl (C=O) groups excluding carboxylic acids is 1. The summed E-state index contributed by atoms with van der Waals surface area (Å²) in [5.41, 5.74) is 0. The third-order valence-corrected chi connectivity index (χ3v) is 13.1. The Bertz CT molecular complexity index is 1170. The van der Waals surface area contributed by atoms with Crippen LogP contribution in [0.1, 0.15) is 251 Å². The molecule has 0 aromatic heterocycles. The molecule has 0 spiro atoms. The number of ether oxygens (including phenoxy) is 2. The zero-order valence-corrected chi connectivity index (χ0v) is 42.7. The van der Waals surface area contributed by atoms with E-state index in [1.165, 1.54) is 167 Å². The van der Waals surface area contributed by atoms with Crippen molar-refractivity contribution in [3.63, 3.8) is 0 Å². The van der Waals surface area contributed by atoms with E-state index in [1.54, 1.807) is 6.08 Å². The lowest BCUT2D eigenvalue weighted by Crippen LogP contribution is -2.60. The predicted octanol–water partition coefficient (Wildman–Crippen LogP) is 13.3. The maximum absolute atomic E-state index is 13.0. The lowest BCUT2D eigenvalue weighted by atomic mass is 9.99. The quantitative estimate of drug-likeness (QED) is 0.0261. The van der Waals surface area contributed by atoms with Crippen molar-refractivity contribution in [2.45, 2.75) is 294 Å². The summed E-state index contributed by atoms with van der Waals surface area (Å²) in [7, 11) is 0. The van der Waals surface area contributed by atoms with Gasteiger partial charge in [-0.05, 0) is 64.2 Å². The van der Waals surface area contributed by atoms with Crippen LogP contribution < -0.4 is 5.32 Å². The van der Waals surface area contributed by atoms with Crippen LogP contribution in [-0.2, 0) is 14.3 Å². The Balaban J connectivity index is 2.24. The summed E-state index contributed by atoms with van der Waals surface area (Å²) in [6, 6.07) is -0.830. The number of allylic oxidation sites excluding steroid dienone is 7. The molecule has 0 saturated carbocycles. The largest absolute Gasteiger partial charge is 0.394 e. The minimum atomic E-state index is -1.58. The van der Waals surface area contributed by atoms with Gasteiger partial charge in [0, 0.05) is 6.42 Å². The first-order valence-corrected chi connectivity index (χ1v) is 27.9. The van der Waals surface area contributed by atoms with Crippen molar-refractivity contribution in [2.24, 2.45) is 0 Å². The molecule has 0 aromatic rings. The van der Waals surface area contributed by atoms with Crippen LogP contribution in [0.4, 0.5) is 0 Å². The van der Waals surface area contributed by atoms with E-state index in [0.29, 0.717) is 6.42 Å². The third-order valence-electron chi connectivity index (χ3n) is 13.1. The molecule has 9 heteroatoms. The average Bonchev–Trinajstić information content (AvgIpc) is 3.32. The van der Waals surface area contributed by atoms with Gasteiger partial charge in [-0.3, -0.25) is 4.79 Å². The molecule has 0 bridgehead atoms. The number of hydrogen-bond acceptors (Lipinski definition) is 8. The highest BCUT2D eigenvalue weighted by Crippen LogP contribution is 2.23. The van der Waals surface area contributed by atoms with Crippen LogP contribution >= 0.6 is 0 Å². The van der Waals surface area contributed by atoms with Crippen LogP contribution in [-0.4, -0.2) is 87.5 Å². The lowest BCUT2D eigenvalue weighted by molar-refractivity contribution is -0.302. The highest BCUT2D eigenvalue weighted by atomic mass is 16.7. The summed E-state index contributed by atoms with van der Waals surface area (Å²) < 4.78 is 11.2. The highest BCUT2D eigenvalue weighted by molar-refractivity contribution is 5.76. The molecule has 66 heavy (non-hydrogen) atoms. The molecule has 7 unspecified atom stereocenters. The predicted molar refractivity (Wildman–Crippen MR) is 276 cm³/mol. The van der Waals surface area contributed by atoms with Gasteiger partial charge in [-0.25, -0.2) is 0 Å². The zero-order chi connectivity index (χ0) is 48.0. The van der Waals surface area contributed by atoms with Crippen LogP contribution in [0.3, 0.4) is 0 Å². The Kier molecular flexibility index (Phi) is 44.1. The minimum absolute atomic E-state index is 0.200. The molecule has 1 amide bonds. The molecule has 386 valence electrons. The second-order valence-electron chi connectivity index (χ2n) is 19.4. The Morgan fingerprint density at radius 2 is 0.909 bits per heavy atom. The zero-order valence-electron chi connectivity index (χ0n) is 42.7. The van der Waals surface area contributed by atoms with Gasteiger partial charge in [-0.2, -0.15) is 0 Å². The van der Waals surface area contributed by atoms with Gasteiger partial charge in [-0.1, -0.05) is 229 Å². The van der Waals surface area contributed by atoms with Crippen LogP contribution in [0.5, 0.6) is 0 Å². The first kappa shape index (κ1) is 62.2. The van der Waals surface area contributed by atoms with Gasteiger partial charge in [0.1, 0.15) is 24.4 Å². The average molecular weight is 932 g/mol. The van der Waals surface area contributed by atoms with Crippen molar-refractivity contribution in [2.75, 3.05) is 13.2 Å². The lowest BCUT2D eigenvalue weighted by Gasteiger charge is -2.40. The smallest absolute Gasteiger partial charge is 0.220 e. The first-order chi connectivity index (χ1) is 32.3. The number of unbranched alkanes of at least 4 members (excludes halogenated alkanes) is 31. The molecule has 0 aromatic carbocycles. The maximum atomic E-state index is 13.0. The van der Waals surface area contributed by atoms with Crippen molar-refractivity contribution in [3.8, 4) is 0 Å². The molecule has 7 atom stereocenters. The fourth-order valence-corrected chi connectivity index (χ4v) is 8.67. The van der Waals surface area contributed by atoms with Crippen molar-refractivity contribution in [3.05, 3.63) is 48.6 Å². The third kappa shape index (κ3) is 36.2. The maximum Gasteiger partial charge on any atom is 0.220 e. The van der Waals surface area contributed by atoms with E-state index in [4.69, 9.17) is 9.47 Å². The van der Waals surface area contributed by atoms with Gasteiger partial charge < -0.3 is 40.3 Å². The van der Waals surface area contributed by atoms with E-state index < -0.39 is 49.5 Å². The number of rotatable bonds is 47. The van der Waals surface area contributed by atoms with Crippen LogP contribution in [0.2, 0.25) is 0 Å². The molecular weight excluding hydrogens is 827 g/mol. The normalized spacial score (nSPS) is 20.1. The van der Waals surface area contributed by atoms with Gasteiger partial charge >= 0.3 is 0 Å². The fourth-order valence-electron chi connectivity index (χ4n) is 8.67. The number of hydrogen-bond donors (Lipinski definition) is 6. The summed E-state index contributed by atoms with van der Waals surface area (Å²) in [6.45, 7) is 3.74. The Morgan fingerprint density at radius 1 is 0.515 bits per heavy atom. The second kappa shape index (κ2) is 46.9. The Hall–Kier alpha value is -1.85. The molecule has 0 radical (unpaired) electrons. The molecule has 1 rings (SSSR count). The molecule has 1 aliphatic heterocycles. The van der Waals surface area contributed by atoms with Gasteiger partial charge in [0.05, 0.1) is 25.4 Å². The topological polar surface area (TPSA) is 149 Å². The van der Waals surface area contributed by atoms with E-state index in [-0.39, 0.29) is 12.5 Å². The Morgan fingerprint density at radius 3 is 1.39 bits per heavy atom. The van der Waals surface area contributed by atoms with Crippen LogP contribution in [0.25, 0.3) is 0 Å². The van der Waals surface area contributed by atoms with Crippen LogP contribution in [0.15, 0.2) is 48.6 Å². The first-order valence-electron chi connectivity index (χ1n) is 27.9. The number of carbonyl (C=O) groups is 1. The van der Waals surface area contributed by atoms with Crippen molar-refractivity contribution in [1.82, 2.24) is 5.32 Å². The van der Waals surface area contributed by atoms with Crippen molar-refractivity contribution in [1.29, 1.82) is 0 Å². The number of amides is 1. The minimum Gasteiger partial charge on any atom is -0.394 e. The summed E-state index contributed by atoms with van der Waals surface area (Å²) in [4.78, 5) is 13.0. The molecule has 1 saturated heterocycles. The number of aliphatic hydroxyl groups excluding tert-OH is 5. The number of aliphatic hydroxyl groups is 5. The SMILES string of the molecule is CCCCC/C=C\C/C=C\CCCCCCCC(=O)NC(COC1OC(CO)C(O)C(O)C1O)C(O)/C=C/CC/C=C/CCCCCCCCCCCCCCCCCCCCCCCC. The van der Waals surface area contributed by atoms with E-state index in [1.807, 2.05) is 6.08 Å². The van der Waals surface area contributed by atoms with Crippen molar-refractivity contribution < 1.29 is 39.8 Å². The molecule has 0 aliphatic carbocycles. The highest BCUT2D eigenvalue weighted by Gasteiger charge is 2.44. The van der Waals surface area contributed by atoms with E-state index in [9.17, 15) is 30.3 Å². The van der Waals surface area contributed by atoms with Gasteiger partial charge in [0.2, 0.25) is 5.91 Å². The van der Waals surface area contributed by atoms with E-state index in [2.05, 4.69) is 55.6 Å². The van der Waals surface area contributed by atoms with Gasteiger partial charge in [0.25, 0.3) is 0 Å². The van der Waals surface area contributed by atoms with Gasteiger partial charge in [0.15, 0.2) is 6.29 Å². The Labute approximate surface area is 405 Å². The molecule has 9 nitrogen and oxygen atoms in total. The van der Waals surface area contributed by atoms with Crippen LogP contribution in [0, 0.1) is 0 Å². The van der Waals surface area contributed by atoms with E-state index >= 15 is 0 Å². The molecule has 1 aliphatic rings. The van der Waals surface area contributed by atoms with E-state index in [0.717, 1.165) is 64.2 Å². The standard InChI is InChI=1S/C57H105NO8/c1-3-5-7-9-11-13-15-17-19-20-21-22-23-24-25-26-27-28-29-30-31-33-34-36-38-40-42-44-46-51(60)50(49-65-57-56(64)55(63)54(62)52(48-59)66-57)58-53(61)47-45-43-41-39-37-35-32-18-16-14-12-10-8-6-4-2/h12,14,18,32,36,38,44,46,50-52,54-57,59-60,62-64H,3-11,13,15-17,19-31,33-35,37,39-43,45,47-49H2,1-2H3,(H,58,61)/b14-12-,32-18-,38-36+,46-44+. The summed E-state index contributed by atoms with van der Waals surface area (Å²) >= 11 is 0. The molecule has 1 heterocycles. The number of nitrogens with one attached hydrogen (secondary N) is 1.